The lowest BCUT2D eigenvalue weighted by Crippen LogP contribution is -2.37. The van der Waals surface area contributed by atoms with Crippen LogP contribution in [0.15, 0.2) is 46.9 Å². The highest BCUT2D eigenvalue weighted by Gasteiger charge is 2.28. The van der Waals surface area contributed by atoms with Crippen molar-refractivity contribution in [2.75, 3.05) is 18.4 Å². The van der Waals surface area contributed by atoms with Crippen LogP contribution in [-0.4, -0.2) is 41.0 Å². The Labute approximate surface area is 168 Å². The lowest BCUT2D eigenvalue weighted by Gasteiger charge is -2.18. The number of aryl methyl sites for hydroxylation is 1. The third kappa shape index (κ3) is 4.07. The van der Waals surface area contributed by atoms with Crippen molar-refractivity contribution in [3.63, 3.8) is 0 Å². The number of rotatable bonds is 5. The normalized spacial score (nSPS) is 16.3. The molecule has 1 aromatic carbocycles. The van der Waals surface area contributed by atoms with E-state index in [9.17, 15) is 9.59 Å². The number of urea groups is 1. The Morgan fingerprint density at radius 3 is 2.79 bits per heavy atom. The first-order chi connectivity index (χ1) is 14.0. The van der Waals surface area contributed by atoms with E-state index < -0.39 is 5.91 Å². The number of carbonyl (C=O) groups is 2. The Morgan fingerprint density at radius 2 is 2.03 bits per heavy atom. The van der Waals surface area contributed by atoms with Crippen LogP contribution < -0.4 is 16.4 Å². The molecule has 2 aromatic heterocycles. The van der Waals surface area contributed by atoms with Gasteiger partial charge in [0.25, 0.3) is 5.91 Å². The molecule has 0 spiro atoms. The fourth-order valence-corrected chi connectivity index (χ4v) is 3.52. The van der Waals surface area contributed by atoms with E-state index in [2.05, 4.69) is 27.8 Å². The molecule has 1 fully saturated rings. The number of aromatic nitrogens is 1. The van der Waals surface area contributed by atoms with E-state index in [0.717, 1.165) is 18.7 Å². The summed E-state index contributed by atoms with van der Waals surface area (Å²) in [6.07, 6.45) is 0.857. The van der Waals surface area contributed by atoms with Gasteiger partial charge in [-0.15, -0.1) is 0 Å². The van der Waals surface area contributed by atoms with Crippen molar-refractivity contribution in [3.8, 4) is 0 Å². The van der Waals surface area contributed by atoms with Gasteiger partial charge in [-0.25, -0.2) is 9.78 Å². The molecule has 0 saturated carbocycles. The molecular weight excluding hydrogens is 370 g/mol. The van der Waals surface area contributed by atoms with Gasteiger partial charge in [0.15, 0.2) is 0 Å². The number of anilines is 1. The number of likely N-dealkylation sites (tertiary alicyclic amines) is 1. The summed E-state index contributed by atoms with van der Waals surface area (Å²) >= 11 is 0. The number of hydrogen-bond donors (Lipinski definition) is 3. The maximum atomic E-state index is 12.8. The smallest absolute Gasteiger partial charge is 0.322 e. The summed E-state index contributed by atoms with van der Waals surface area (Å²) in [5.41, 5.74) is 7.92. The Bertz CT molecular complexity index is 1050. The summed E-state index contributed by atoms with van der Waals surface area (Å²) < 4.78 is 5.48. The van der Waals surface area contributed by atoms with E-state index in [4.69, 9.17) is 10.2 Å². The molecular formula is C21H23N5O3. The summed E-state index contributed by atoms with van der Waals surface area (Å²) in [5.74, 6) is -0.843. The second-order valence-corrected chi connectivity index (χ2v) is 7.20. The van der Waals surface area contributed by atoms with Crippen LogP contribution in [0.5, 0.6) is 0 Å². The number of furan rings is 1. The first-order valence-corrected chi connectivity index (χ1v) is 9.54. The highest BCUT2D eigenvalue weighted by molar-refractivity contribution is 6.09. The van der Waals surface area contributed by atoms with Gasteiger partial charge in [0, 0.05) is 31.4 Å². The van der Waals surface area contributed by atoms with E-state index in [-0.39, 0.29) is 29.2 Å². The molecule has 150 valence electrons. The average molecular weight is 393 g/mol. The molecule has 29 heavy (non-hydrogen) atoms. The van der Waals surface area contributed by atoms with Gasteiger partial charge in [-0.1, -0.05) is 30.3 Å². The monoisotopic (exact) mass is 393 g/mol. The number of fused-ring (bicyclic) bond motifs is 1. The van der Waals surface area contributed by atoms with Crippen LogP contribution in [0.2, 0.25) is 0 Å². The Kier molecular flexibility index (Phi) is 5.18. The number of benzene rings is 1. The van der Waals surface area contributed by atoms with Crippen LogP contribution >= 0.6 is 0 Å². The SMILES string of the molecule is Cc1ccc2c(NC(=O)N3CC[C@@H](NCc4ccccc4)C3)c(C(N)=O)oc2n1. The van der Waals surface area contributed by atoms with Gasteiger partial charge < -0.3 is 25.7 Å². The van der Waals surface area contributed by atoms with Crippen molar-refractivity contribution >= 4 is 28.7 Å². The van der Waals surface area contributed by atoms with Crippen LogP contribution in [-0.2, 0) is 6.54 Å². The molecule has 3 heterocycles. The zero-order chi connectivity index (χ0) is 20.4. The molecule has 1 aliphatic heterocycles. The first kappa shape index (κ1) is 18.9. The lowest BCUT2D eigenvalue weighted by atomic mass is 10.2. The molecule has 0 bridgehead atoms. The molecule has 0 aliphatic carbocycles. The highest BCUT2D eigenvalue weighted by Crippen LogP contribution is 2.30. The van der Waals surface area contributed by atoms with E-state index >= 15 is 0 Å². The summed E-state index contributed by atoms with van der Waals surface area (Å²) in [6.45, 7) is 3.77. The van der Waals surface area contributed by atoms with Gasteiger partial charge in [-0.2, -0.15) is 0 Å². The van der Waals surface area contributed by atoms with Gasteiger partial charge in [-0.05, 0) is 31.0 Å². The molecule has 8 nitrogen and oxygen atoms in total. The first-order valence-electron chi connectivity index (χ1n) is 9.54. The van der Waals surface area contributed by atoms with E-state index in [1.165, 1.54) is 5.56 Å². The summed E-state index contributed by atoms with van der Waals surface area (Å²) in [4.78, 5) is 30.5. The molecule has 4 rings (SSSR count). The van der Waals surface area contributed by atoms with Crippen LogP contribution in [0.25, 0.3) is 11.1 Å². The van der Waals surface area contributed by atoms with Crippen LogP contribution in [0, 0.1) is 6.92 Å². The fourth-order valence-electron chi connectivity index (χ4n) is 3.52. The van der Waals surface area contributed by atoms with E-state index in [0.29, 0.717) is 18.5 Å². The molecule has 8 heteroatoms. The molecule has 0 unspecified atom stereocenters. The van der Waals surface area contributed by atoms with Crippen LogP contribution in [0.3, 0.4) is 0 Å². The highest BCUT2D eigenvalue weighted by atomic mass is 16.4. The van der Waals surface area contributed by atoms with Gasteiger partial charge in [0.2, 0.25) is 11.5 Å². The topological polar surface area (TPSA) is 113 Å². The number of nitrogens with two attached hydrogens (primary N) is 1. The quantitative estimate of drug-likeness (QED) is 0.617. The van der Waals surface area contributed by atoms with Crippen LogP contribution in [0.4, 0.5) is 10.5 Å². The maximum absolute atomic E-state index is 12.8. The minimum Gasteiger partial charge on any atom is -0.430 e. The number of nitrogens with one attached hydrogen (secondary N) is 2. The molecule has 0 radical (unpaired) electrons. The largest absolute Gasteiger partial charge is 0.430 e. The lowest BCUT2D eigenvalue weighted by molar-refractivity contribution is 0.0977. The van der Waals surface area contributed by atoms with Crippen molar-refractivity contribution in [2.24, 2.45) is 5.73 Å². The van der Waals surface area contributed by atoms with Gasteiger partial charge in [0.1, 0.15) is 5.69 Å². The minimum absolute atomic E-state index is 0.0931. The number of nitrogens with zero attached hydrogens (tertiary/aromatic N) is 2. The second-order valence-electron chi connectivity index (χ2n) is 7.20. The van der Waals surface area contributed by atoms with Gasteiger partial charge in [-0.3, -0.25) is 4.79 Å². The molecule has 1 aliphatic rings. The van der Waals surface area contributed by atoms with Crippen molar-refractivity contribution < 1.29 is 14.0 Å². The number of primary amides is 1. The standard InChI is InChI=1S/C21H23N5O3/c1-13-7-8-16-17(18(19(22)27)29-20(16)24-13)25-21(28)26-10-9-15(12-26)23-11-14-5-3-2-4-6-14/h2-8,15,23H,9-12H2,1H3,(H2,22,27)(H,25,28)/t15-/m1/s1. The van der Waals surface area contributed by atoms with E-state index in [1.54, 1.807) is 17.0 Å². The number of carbonyl (C=O) groups excluding carboxylic acids is 2. The van der Waals surface area contributed by atoms with Gasteiger partial charge in [0.05, 0.1) is 5.39 Å². The zero-order valence-electron chi connectivity index (χ0n) is 16.1. The minimum atomic E-state index is -0.750. The van der Waals surface area contributed by atoms with Crippen molar-refractivity contribution in [3.05, 3.63) is 59.5 Å². The van der Waals surface area contributed by atoms with Crippen LogP contribution in [0.1, 0.15) is 28.2 Å². The average Bonchev–Trinajstić information content (AvgIpc) is 3.32. The number of amides is 3. The van der Waals surface area contributed by atoms with Crippen molar-refractivity contribution in [1.82, 2.24) is 15.2 Å². The Hall–Kier alpha value is -3.39. The van der Waals surface area contributed by atoms with Crippen molar-refractivity contribution in [1.29, 1.82) is 0 Å². The third-order valence-corrected chi connectivity index (χ3v) is 5.06. The van der Waals surface area contributed by atoms with E-state index in [1.807, 2.05) is 25.1 Å². The number of pyridine rings is 1. The molecule has 1 atom stereocenters. The second kappa shape index (κ2) is 7.92. The third-order valence-electron chi connectivity index (χ3n) is 5.06. The molecule has 3 amide bonds. The summed E-state index contributed by atoms with van der Waals surface area (Å²) in [5, 5.41) is 6.83. The predicted octanol–water partition coefficient (Wildman–Crippen LogP) is 2.63. The fraction of sp³-hybridized carbons (Fsp3) is 0.286. The predicted molar refractivity (Wildman–Crippen MR) is 110 cm³/mol. The Morgan fingerprint density at radius 1 is 1.24 bits per heavy atom. The molecule has 1 saturated heterocycles. The molecule has 4 N–H and O–H groups in total. The zero-order valence-corrected chi connectivity index (χ0v) is 16.1. The molecule has 3 aromatic rings. The number of hydrogen-bond acceptors (Lipinski definition) is 5. The summed E-state index contributed by atoms with van der Waals surface area (Å²) in [7, 11) is 0. The summed E-state index contributed by atoms with van der Waals surface area (Å²) in [6, 6.07) is 13.6. The van der Waals surface area contributed by atoms with Crippen molar-refractivity contribution in [2.45, 2.75) is 25.9 Å². The maximum Gasteiger partial charge on any atom is 0.322 e. The van der Waals surface area contributed by atoms with Gasteiger partial charge >= 0.3 is 6.03 Å². The Balaban J connectivity index is 1.43.